The lowest BCUT2D eigenvalue weighted by Gasteiger charge is -2.33. The van der Waals surface area contributed by atoms with Gasteiger partial charge in [0.1, 0.15) is 0 Å². The summed E-state index contributed by atoms with van der Waals surface area (Å²) in [5, 5.41) is 10.2. The third-order valence-corrected chi connectivity index (χ3v) is 5.92. The van der Waals surface area contributed by atoms with Crippen molar-refractivity contribution >= 4 is 22.0 Å². The number of amides is 1. The van der Waals surface area contributed by atoms with E-state index in [0.29, 0.717) is 24.2 Å². The van der Waals surface area contributed by atoms with Gasteiger partial charge in [0, 0.05) is 37.2 Å². The molecule has 0 unspecified atom stereocenters. The fourth-order valence-corrected chi connectivity index (χ4v) is 4.04. The van der Waals surface area contributed by atoms with Crippen LogP contribution in [0, 0.1) is 11.3 Å². The average Bonchev–Trinajstić information content (AvgIpc) is 2.72. The van der Waals surface area contributed by atoms with Crippen LogP contribution in [-0.4, -0.2) is 49.7 Å². The van der Waals surface area contributed by atoms with Crippen molar-refractivity contribution in [2.45, 2.75) is 0 Å². The lowest BCUT2D eigenvalue weighted by molar-refractivity contribution is 0.0698. The number of hydrogen-bond donors (Lipinski definition) is 0. The van der Waals surface area contributed by atoms with Crippen molar-refractivity contribution in [3.05, 3.63) is 76.7 Å². The zero-order valence-electron chi connectivity index (χ0n) is 14.7. The van der Waals surface area contributed by atoms with E-state index in [1.165, 1.54) is 9.71 Å². The summed E-state index contributed by atoms with van der Waals surface area (Å²) >= 11 is 0. The zero-order valence-corrected chi connectivity index (χ0v) is 15.5. The highest BCUT2D eigenvalue weighted by atomic mass is 32.2. The number of piperazine rings is 1. The molecule has 7 heteroatoms. The smallest absolute Gasteiger partial charge is 0.253 e. The molecule has 2 aromatic rings. The molecule has 1 heterocycles. The van der Waals surface area contributed by atoms with Crippen LogP contribution < -0.4 is 0 Å². The van der Waals surface area contributed by atoms with Crippen LogP contribution in [0.5, 0.6) is 0 Å². The molecule has 0 radical (unpaired) electrons. The fourth-order valence-electron chi connectivity index (χ4n) is 2.86. The summed E-state index contributed by atoms with van der Waals surface area (Å²) in [6.45, 7) is 1.11. The van der Waals surface area contributed by atoms with E-state index >= 15 is 0 Å². The molecule has 0 spiro atoms. The third kappa shape index (κ3) is 4.61. The first kappa shape index (κ1) is 18.8. The summed E-state index contributed by atoms with van der Waals surface area (Å²) in [6.07, 6.45) is 1.57. The number of nitrogens with zero attached hydrogens (tertiary/aromatic N) is 3. The van der Waals surface area contributed by atoms with Gasteiger partial charge in [-0.1, -0.05) is 36.4 Å². The summed E-state index contributed by atoms with van der Waals surface area (Å²) < 4.78 is 26.4. The molecule has 2 aromatic carbocycles. The monoisotopic (exact) mass is 381 g/mol. The predicted octanol–water partition coefficient (Wildman–Crippen LogP) is 2.32. The Morgan fingerprint density at radius 2 is 1.70 bits per heavy atom. The summed E-state index contributed by atoms with van der Waals surface area (Å²) in [5.74, 6) is -0.191. The fraction of sp³-hybridized carbons (Fsp3) is 0.200. The van der Waals surface area contributed by atoms with E-state index in [1.54, 1.807) is 35.2 Å². The van der Waals surface area contributed by atoms with Gasteiger partial charge in [-0.3, -0.25) is 4.79 Å². The summed E-state index contributed by atoms with van der Waals surface area (Å²) in [7, 11) is -3.53. The number of sulfonamides is 1. The Bertz CT molecular complexity index is 987. The number of carbonyl (C=O) groups excluding carboxylic acids is 1. The molecule has 6 nitrogen and oxygen atoms in total. The van der Waals surface area contributed by atoms with Crippen LogP contribution in [0.25, 0.3) is 6.08 Å². The number of benzene rings is 2. The van der Waals surface area contributed by atoms with Gasteiger partial charge in [0.15, 0.2) is 0 Å². The van der Waals surface area contributed by atoms with Crippen molar-refractivity contribution in [2.75, 3.05) is 26.2 Å². The zero-order chi connectivity index (χ0) is 19.3. The molecule has 1 aliphatic heterocycles. The Morgan fingerprint density at radius 1 is 1.00 bits per heavy atom. The van der Waals surface area contributed by atoms with Gasteiger partial charge in [-0.15, -0.1) is 0 Å². The number of carbonyl (C=O) groups is 1. The van der Waals surface area contributed by atoms with Crippen molar-refractivity contribution < 1.29 is 13.2 Å². The van der Waals surface area contributed by atoms with Crippen LogP contribution >= 0.6 is 0 Å². The van der Waals surface area contributed by atoms with Crippen LogP contribution in [-0.2, 0) is 10.0 Å². The third-order valence-electron chi connectivity index (χ3n) is 4.36. The first-order valence-corrected chi connectivity index (χ1v) is 10.0. The SMILES string of the molecule is N#Cc1cccc(C(=O)N2CCN(S(=O)(=O)C=Cc3ccccc3)CC2)c1. The Morgan fingerprint density at radius 3 is 2.37 bits per heavy atom. The Labute approximate surface area is 159 Å². The molecule has 1 aliphatic rings. The molecule has 0 saturated carbocycles. The van der Waals surface area contributed by atoms with Crippen LogP contribution in [0.3, 0.4) is 0 Å². The average molecular weight is 381 g/mol. The highest BCUT2D eigenvalue weighted by molar-refractivity contribution is 7.92. The lowest BCUT2D eigenvalue weighted by Crippen LogP contribution is -2.50. The van der Waals surface area contributed by atoms with E-state index in [9.17, 15) is 13.2 Å². The molecule has 3 rings (SSSR count). The maximum atomic E-state index is 12.6. The molecule has 0 aromatic heterocycles. The normalized spacial score (nSPS) is 15.6. The second kappa shape index (κ2) is 8.16. The molecular formula is C20H19N3O3S. The van der Waals surface area contributed by atoms with Gasteiger partial charge in [-0.05, 0) is 29.8 Å². The second-order valence-corrected chi connectivity index (χ2v) is 7.96. The second-order valence-electron chi connectivity index (χ2n) is 6.14. The highest BCUT2D eigenvalue weighted by Gasteiger charge is 2.27. The van der Waals surface area contributed by atoms with Crippen molar-refractivity contribution in [3.63, 3.8) is 0 Å². The summed E-state index contributed by atoms with van der Waals surface area (Å²) in [6, 6.07) is 17.8. The van der Waals surface area contributed by atoms with Crippen LogP contribution in [0.15, 0.2) is 60.0 Å². The minimum absolute atomic E-state index is 0.191. The molecule has 1 amide bonds. The Kier molecular flexibility index (Phi) is 5.69. The number of hydrogen-bond acceptors (Lipinski definition) is 4. The van der Waals surface area contributed by atoms with E-state index in [2.05, 4.69) is 0 Å². The standard InChI is InChI=1S/C20H19N3O3S/c21-16-18-7-4-8-19(15-18)20(24)22-10-12-23(13-11-22)27(25,26)14-9-17-5-2-1-3-6-17/h1-9,14-15H,10-13H2. The van der Waals surface area contributed by atoms with Crippen molar-refractivity contribution in [3.8, 4) is 6.07 Å². The van der Waals surface area contributed by atoms with Crippen molar-refractivity contribution in [1.82, 2.24) is 9.21 Å². The molecule has 0 aliphatic carbocycles. The summed E-state index contributed by atoms with van der Waals surface area (Å²) in [4.78, 5) is 14.2. The molecule has 1 saturated heterocycles. The molecule has 0 bridgehead atoms. The minimum Gasteiger partial charge on any atom is -0.336 e. The van der Waals surface area contributed by atoms with E-state index < -0.39 is 10.0 Å². The van der Waals surface area contributed by atoms with Gasteiger partial charge in [-0.2, -0.15) is 9.57 Å². The number of rotatable bonds is 4. The molecule has 27 heavy (non-hydrogen) atoms. The quantitative estimate of drug-likeness (QED) is 0.814. The van der Waals surface area contributed by atoms with Gasteiger partial charge >= 0.3 is 0 Å². The van der Waals surface area contributed by atoms with Gasteiger partial charge in [0.05, 0.1) is 11.6 Å². The lowest BCUT2D eigenvalue weighted by atomic mass is 10.1. The predicted molar refractivity (Wildman–Crippen MR) is 103 cm³/mol. The molecule has 1 fully saturated rings. The minimum atomic E-state index is -3.53. The topological polar surface area (TPSA) is 81.5 Å². The van der Waals surface area contributed by atoms with E-state index in [4.69, 9.17) is 5.26 Å². The maximum Gasteiger partial charge on any atom is 0.253 e. The van der Waals surface area contributed by atoms with Gasteiger partial charge in [-0.25, -0.2) is 8.42 Å². The number of nitriles is 1. The van der Waals surface area contributed by atoms with Crippen LogP contribution in [0.2, 0.25) is 0 Å². The highest BCUT2D eigenvalue weighted by Crippen LogP contribution is 2.14. The van der Waals surface area contributed by atoms with Gasteiger partial charge < -0.3 is 4.90 Å². The van der Waals surface area contributed by atoms with Gasteiger partial charge in [0.2, 0.25) is 10.0 Å². The first-order chi connectivity index (χ1) is 13.0. The van der Waals surface area contributed by atoms with Crippen LogP contribution in [0.1, 0.15) is 21.5 Å². The largest absolute Gasteiger partial charge is 0.336 e. The van der Waals surface area contributed by atoms with Crippen LogP contribution in [0.4, 0.5) is 0 Å². The van der Waals surface area contributed by atoms with Crippen molar-refractivity contribution in [1.29, 1.82) is 5.26 Å². The molecule has 138 valence electrons. The van der Waals surface area contributed by atoms with E-state index in [0.717, 1.165) is 5.56 Å². The van der Waals surface area contributed by atoms with Crippen molar-refractivity contribution in [2.24, 2.45) is 0 Å². The first-order valence-electron chi connectivity index (χ1n) is 8.52. The molecule has 0 atom stereocenters. The maximum absolute atomic E-state index is 12.6. The Balaban J connectivity index is 1.63. The van der Waals surface area contributed by atoms with Gasteiger partial charge in [0.25, 0.3) is 5.91 Å². The summed E-state index contributed by atoms with van der Waals surface area (Å²) in [5.41, 5.74) is 1.68. The van der Waals surface area contributed by atoms with E-state index in [-0.39, 0.29) is 19.0 Å². The molecule has 0 N–H and O–H groups in total. The molecular weight excluding hydrogens is 362 g/mol. The Hall–Kier alpha value is -2.95. The van der Waals surface area contributed by atoms with E-state index in [1.807, 2.05) is 36.4 Å².